The molecule has 1 aromatic carbocycles. The molecule has 0 unspecified atom stereocenters. The number of aromatic nitrogens is 1. The number of benzene rings is 1. The summed E-state index contributed by atoms with van der Waals surface area (Å²) >= 11 is 0. The highest BCUT2D eigenvalue weighted by Gasteiger charge is 2.56. The van der Waals surface area contributed by atoms with E-state index in [4.69, 9.17) is 4.74 Å². The van der Waals surface area contributed by atoms with Gasteiger partial charge in [-0.25, -0.2) is 12.8 Å². The summed E-state index contributed by atoms with van der Waals surface area (Å²) < 4.78 is 46.1. The number of rotatable bonds is 5. The fourth-order valence-corrected chi connectivity index (χ4v) is 5.62. The Kier molecular flexibility index (Phi) is 5.04. The number of carbonyl (C=O) groups excluding carboxylic acids is 1. The van der Waals surface area contributed by atoms with Crippen molar-refractivity contribution in [1.29, 1.82) is 0 Å². The van der Waals surface area contributed by atoms with Crippen molar-refractivity contribution in [2.45, 2.75) is 30.2 Å². The van der Waals surface area contributed by atoms with Crippen molar-refractivity contribution >= 4 is 15.9 Å². The van der Waals surface area contributed by atoms with Gasteiger partial charge in [0.2, 0.25) is 10.0 Å². The monoisotopic (exact) mass is 419 g/mol. The molecule has 154 valence electrons. The van der Waals surface area contributed by atoms with E-state index in [0.717, 1.165) is 12.5 Å². The average molecular weight is 419 g/mol. The van der Waals surface area contributed by atoms with Crippen LogP contribution >= 0.6 is 0 Å². The first-order chi connectivity index (χ1) is 13.9. The van der Waals surface area contributed by atoms with E-state index in [0.29, 0.717) is 31.5 Å². The Balaban J connectivity index is 1.41. The molecule has 0 radical (unpaired) electrons. The van der Waals surface area contributed by atoms with Crippen LogP contribution in [0.2, 0.25) is 0 Å². The maximum absolute atomic E-state index is 13.6. The predicted octanol–water partition coefficient (Wildman–Crippen LogP) is 2.20. The van der Waals surface area contributed by atoms with E-state index in [9.17, 15) is 17.6 Å². The molecular formula is C20H22FN3O4S. The number of amides is 1. The molecule has 29 heavy (non-hydrogen) atoms. The van der Waals surface area contributed by atoms with Crippen molar-refractivity contribution in [3.8, 4) is 5.75 Å². The summed E-state index contributed by atoms with van der Waals surface area (Å²) in [5, 5.41) is 3.04. The van der Waals surface area contributed by atoms with E-state index < -0.39 is 15.8 Å². The molecule has 1 aliphatic heterocycles. The van der Waals surface area contributed by atoms with Crippen LogP contribution in [0.25, 0.3) is 0 Å². The Morgan fingerprint density at radius 1 is 1.24 bits per heavy atom. The second-order valence-corrected chi connectivity index (χ2v) is 9.43. The minimum Gasteiger partial charge on any atom is -0.495 e. The van der Waals surface area contributed by atoms with E-state index in [-0.39, 0.29) is 28.0 Å². The molecule has 1 aliphatic carbocycles. The lowest BCUT2D eigenvalue weighted by atomic mass is 9.94. The van der Waals surface area contributed by atoms with E-state index in [1.807, 2.05) is 0 Å². The number of halogens is 1. The Hall–Kier alpha value is -2.52. The summed E-state index contributed by atoms with van der Waals surface area (Å²) in [6.07, 6.45) is 5.26. The van der Waals surface area contributed by atoms with Crippen LogP contribution in [0, 0.1) is 11.2 Å². The summed E-state index contributed by atoms with van der Waals surface area (Å²) in [6.45, 7) is 0.646. The fourth-order valence-electron chi connectivity index (χ4n) is 4.01. The smallest absolute Gasteiger partial charge is 0.251 e. The number of hydrogen-bond acceptors (Lipinski definition) is 5. The van der Waals surface area contributed by atoms with Crippen LogP contribution in [0.3, 0.4) is 0 Å². The summed E-state index contributed by atoms with van der Waals surface area (Å²) in [4.78, 5) is 16.1. The normalized spacial score (nSPS) is 21.0. The predicted molar refractivity (Wildman–Crippen MR) is 103 cm³/mol. The zero-order chi connectivity index (χ0) is 20.6. The Bertz CT molecular complexity index is 1020. The molecular weight excluding hydrogens is 397 g/mol. The molecule has 2 fully saturated rings. The molecule has 2 heterocycles. The highest BCUT2D eigenvalue weighted by Crippen LogP contribution is 2.54. The van der Waals surface area contributed by atoms with E-state index >= 15 is 0 Å². The molecule has 0 bridgehead atoms. The van der Waals surface area contributed by atoms with Crippen LogP contribution < -0.4 is 10.1 Å². The highest BCUT2D eigenvalue weighted by molar-refractivity contribution is 7.89. The largest absolute Gasteiger partial charge is 0.495 e. The van der Waals surface area contributed by atoms with Crippen LogP contribution in [0.4, 0.5) is 4.39 Å². The van der Waals surface area contributed by atoms with E-state index in [1.54, 1.807) is 24.5 Å². The van der Waals surface area contributed by atoms with Crippen molar-refractivity contribution < 1.29 is 22.3 Å². The van der Waals surface area contributed by atoms with Crippen molar-refractivity contribution in [2.24, 2.45) is 5.41 Å². The molecule has 7 nitrogen and oxygen atoms in total. The van der Waals surface area contributed by atoms with E-state index in [1.165, 1.54) is 23.5 Å². The van der Waals surface area contributed by atoms with Crippen molar-refractivity contribution in [3.05, 3.63) is 54.1 Å². The zero-order valence-corrected chi connectivity index (χ0v) is 16.8. The standard InChI is InChI=1S/C20H22FN3O4S/c1-28-16-3-2-15(21)12-17(16)29(26,27)24-10-6-20(7-11-24)13-18(20)23-19(25)14-4-8-22-9-5-14/h2-5,8-9,12,18H,6-7,10-11,13H2,1H3,(H,23,25)/t18-/m0/s1. The third-order valence-corrected chi connectivity index (χ3v) is 7.82. The van der Waals surface area contributed by atoms with Gasteiger partial charge in [0.15, 0.2) is 0 Å². The number of nitrogens with zero attached hydrogens (tertiary/aromatic N) is 2. The van der Waals surface area contributed by atoms with Gasteiger partial charge >= 0.3 is 0 Å². The first-order valence-corrected chi connectivity index (χ1v) is 10.8. The molecule has 1 saturated heterocycles. The summed E-state index contributed by atoms with van der Waals surface area (Å²) in [6, 6.07) is 6.84. The Morgan fingerprint density at radius 3 is 2.59 bits per heavy atom. The maximum atomic E-state index is 13.6. The van der Waals surface area contributed by atoms with Gasteiger partial charge < -0.3 is 10.1 Å². The second-order valence-electron chi connectivity index (χ2n) is 7.53. The van der Waals surface area contributed by atoms with Crippen molar-refractivity contribution in [2.75, 3.05) is 20.2 Å². The van der Waals surface area contributed by atoms with Crippen LogP contribution in [0.15, 0.2) is 47.6 Å². The van der Waals surface area contributed by atoms with Gasteiger partial charge in [-0.05, 0) is 55.0 Å². The van der Waals surface area contributed by atoms with Crippen LogP contribution in [-0.2, 0) is 10.0 Å². The molecule has 4 rings (SSSR count). The molecule has 1 atom stereocenters. The van der Waals surface area contributed by atoms with E-state index in [2.05, 4.69) is 10.3 Å². The van der Waals surface area contributed by atoms with Gasteiger partial charge in [-0.15, -0.1) is 0 Å². The molecule has 9 heteroatoms. The van der Waals surface area contributed by atoms with Gasteiger partial charge in [0.05, 0.1) is 7.11 Å². The minimum absolute atomic E-state index is 0.0386. The lowest BCUT2D eigenvalue weighted by molar-refractivity contribution is 0.0940. The fraction of sp³-hybridized carbons (Fsp3) is 0.400. The van der Waals surface area contributed by atoms with Gasteiger partial charge in [-0.3, -0.25) is 9.78 Å². The van der Waals surface area contributed by atoms with Gasteiger partial charge in [0.25, 0.3) is 5.91 Å². The number of methoxy groups -OCH3 is 1. The third-order valence-electron chi connectivity index (χ3n) is 5.90. The SMILES string of the molecule is COc1ccc(F)cc1S(=O)(=O)N1CCC2(CC1)C[C@@H]2NC(=O)c1ccncc1. The van der Waals surface area contributed by atoms with Gasteiger partial charge in [-0.2, -0.15) is 4.31 Å². The number of carbonyl (C=O) groups is 1. The maximum Gasteiger partial charge on any atom is 0.251 e. The van der Waals surface area contributed by atoms with Crippen LogP contribution in [0.5, 0.6) is 5.75 Å². The van der Waals surface area contributed by atoms with Crippen molar-refractivity contribution in [3.63, 3.8) is 0 Å². The summed E-state index contributed by atoms with van der Waals surface area (Å²) in [5.74, 6) is -0.645. The summed E-state index contributed by atoms with van der Waals surface area (Å²) in [7, 11) is -2.50. The second kappa shape index (κ2) is 7.38. The number of piperidine rings is 1. The molecule has 1 spiro atoms. The molecule has 1 saturated carbocycles. The molecule has 1 amide bonds. The quantitative estimate of drug-likeness (QED) is 0.803. The van der Waals surface area contributed by atoms with Gasteiger partial charge in [0, 0.05) is 37.1 Å². The number of pyridine rings is 1. The first kappa shape index (κ1) is 19.8. The topological polar surface area (TPSA) is 88.6 Å². The molecule has 1 N–H and O–H groups in total. The Morgan fingerprint density at radius 2 is 1.93 bits per heavy atom. The Labute approximate surface area is 168 Å². The van der Waals surface area contributed by atoms with Gasteiger partial charge in [0.1, 0.15) is 16.5 Å². The number of ether oxygens (including phenoxy) is 1. The zero-order valence-electron chi connectivity index (χ0n) is 16.0. The molecule has 2 aromatic rings. The first-order valence-electron chi connectivity index (χ1n) is 9.40. The third kappa shape index (κ3) is 3.72. The summed E-state index contributed by atoms with van der Waals surface area (Å²) in [5.41, 5.74) is 0.487. The van der Waals surface area contributed by atoms with Crippen LogP contribution in [0.1, 0.15) is 29.6 Å². The lowest BCUT2D eigenvalue weighted by Crippen LogP contribution is -2.41. The number of hydrogen-bond donors (Lipinski definition) is 1. The highest BCUT2D eigenvalue weighted by atomic mass is 32.2. The molecule has 2 aliphatic rings. The minimum atomic E-state index is -3.86. The van der Waals surface area contributed by atoms with Crippen LogP contribution in [-0.4, -0.2) is 49.9 Å². The molecule has 1 aromatic heterocycles. The lowest BCUT2D eigenvalue weighted by Gasteiger charge is -2.32. The average Bonchev–Trinajstić information content (AvgIpc) is 3.39. The number of sulfonamides is 1. The van der Waals surface area contributed by atoms with Gasteiger partial charge in [-0.1, -0.05) is 0 Å². The van der Waals surface area contributed by atoms with Crippen molar-refractivity contribution in [1.82, 2.24) is 14.6 Å². The number of nitrogens with one attached hydrogen (secondary N) is 1.